The van der Waals surface area contributed by atoms with Gasteiger partial charge in [0.05, 0.1) is 19.9 Å². The summed E-state index contributed by atoms with van der Waals surface area (Å²) < 4.78 is 10.4. The summed E-state index contributed by atoms with van der Waals surface area (Å²) in [4.78, 5) is 12.2. The number of anilines is 1. The molecule has 0 saturated heterocycles. The molecule has 2 unspecified atom stereocenters. The Hall–Kier alpha value is -1.71. The summed E-state index contributed by atoms with van der Waals surface area (Å²) in [5.74, 6) is 3.27. The van der Waals surface area contributed by atoms with Crippen molar-refractivity contribution in [1.29, 1.82) is 0 Å². The fourth-order valence-corrected chi connectivity index (χ4v) is 3.08. The molecule has 1 aromatic carbocycles. The summed E-state index contributed by atoms with van der Waals surface area (Å²) in [6, 6.07) is 5.42. The molecule has 102 valence electrons. The van der Waals surface area contributed by atoms with Crippen molar-refractivity contribution in [3.05, 3.63) is 18.2 Å². The Kier molecular flexibility index (Phi) is 3.09. The van der Waals surface area contributed by atoms with E-state index in [0.29, 0.717) is 17.2 Å². The molecule has 2 aliphatic rings. The Morgan fingerprint density at radius 2 is 1.89 bits per heavy atom. The van der Waals surface area contributed by atoms with Crippen LogP contribution in [-0.2, 0) is 4.79 Å². The zero-order valence-electron chi connectivity index (χ0n) is 11.3. The Morgan fingerprint density at radius 1 is 1.16 bits per heavy atom. The van der Waals surface area contributed by atoms with E-state index in [1.165, 1.54) is 6.42 Å². The zero-order valence-corrected chi connectivity index (χ0v) is 11.3. The number of benzene rings is 1. The summed E-state index contributed by atoms with van der Waals surface area (Å²) in [6.45, 7) is 0. The Balaban J connectivity index is 1.72. The highest BCUT2D eigenvalue weighted by Crippen LogP contribution is 2.54. The molecule has 19 heavy (non-hydrogen) atoms. The minimum absolute atomic E-state index is 0.110. The third-order valence-electron chi connectivity index (χ3n) is 4.28. The van der Waals surface area contributed by atoms with Crippen LogP contribution in [0.2, 0.25) is 0 Å². The number of amides is 1. The van der Waals surface area contributed by atoms with E-state index in [2.05, 4.69) is 5.32 Å². The molecule has 2 fully saturated rings. The second-order valence-electron chi connectivity index (χ2n) is 5.48. The van der Waals surface area contributed by atoms with E-state index in [1.54, 1.807) is 26.4 Å². The van der Waals surface area contributed by atoms with Crippen molar-refractivity contribution in [2.45, 2.75) is 19.3 Å². The van der Waals surface area contributed by atoms with E-state index < -0.39 is 0 Å². The first kappa shape index (κ1) is 12.3. The predicted molar refractivity (Wildman–Crippen MR) is 72.5 cm³/mol. The van der Waals surface area contributed by atoms with Crippen molar-refractivity contribution < 1.29 is 14.3 Å². The summed E-state index contributed by atoms with van der Waals surface area (Å²) in [5, 5.41) is 2.98. The van der Waals surface area contributed by atoms with Crippen molar-refractivity contribution in [1.82, 2.24) is 0 Å². The van der Waals surface area contributed by atoms with Crippen LogP contribution in [0, 0.1) is 17.8 Å². The van der Waals surface area contributed by atoms with Crippen LogP contribution >= 0.6 is 0 Å². The molecule has 0 aromatic heterocycles. The smallest absolute Gasteiger partial charge is 0.227 e. The van der Waals surface area contributed by atoms with Crippen LogP contribution in [0.15, 0.2) is 18.2 Å². The van der Waals surface area contributed by atoms with E-state index in [-0.39, 0.29) is 11.8 Å². The van der Waals surface area contributed by atoms with E-state index in [1.807, 2.05) is 6.07 Å². The lowest BCUT2D eigenvalue weighted by molar-refractivity contribution is -0.120. The SMILES string of the molecule is COc1ccc(OC)c(NC(=O)C2CC3CC3C2)c1. The van der Waals surface area contributed by atoms with E-state index >= 15 is 0 Å². The van der Waals surface area contributed by atoms with Gasteiger partial charge in [0.1, 0.15) is 11.5 Å². The molecule has 0 spiro atoms. The van der Waals surface area contributed by atoms with Gasteiger partial charge < -0.3 is 14.8 Å². The average molecular weight is 261 g/mol. The van der Waals surface area contributed by atoms with Gasteiger partial charge in [-0.1, -0.05) is 0 Å². The molecule has 2 atom stereocenters. The minimum Gasteiger partial charge on any atom is -0.497 e. The van der Waals surface area contributed by atoms with Gasteiger partial charge in [-0.2, -0.15) is 0 Å². The molecule has 0 radical (unpaired) electrons. The lowest BCUT2D eigenvalue weighted by atomic mass is 10.0. The number of nitrogens with one attached hydrogen (secondary N) is 1. The molecule has 4 nitrogen and oxygen atoms in total. The predicted octanol–water partition coefficient (Wildman–Crippen LogP) is 2.69. The number of carbonyl (C=O) groups is 1. The van der Waals surface area contributed by atoms with Crippen molar-refractivity contribution in [3.63, 3.8) is 0 Å². The molecule has 2 aliphatic carbocycles. The Labute approximate surface area is 113 Å². The highest BCUT2D eigenvalue weighted by atomic mass is 16.5. The van der Waals surface area contributed by atoms with Crippen LogP contribution in [0.25, 0.3) is 0 Å². The number of hydrogen-bond donors (Lipinski definition) is 1. The summed E-state index contributed by atoms with van der Waals surface area (Å²) in [7, 11) is 3.21. The fourth-order valence-electron chi connectivity index (χ4n) is 3.08. The van der Waals surface area contributed by atoms with Crippen LogP contribution in [-0.4, -0.2) is 20.1 Å². The van der Waals surface area contributed by atoms with Gasteiger partial charge in [0.15, 0.2) is 0 Å². The van der Waals surface area contributed by atoms with Gasteiger partial charge in [0.2, 0.25) is 5.91 Å². The standard InChI is InChI=1S/C15H19NO3/c1-18-12-3-4-14(19-2)13(8-12)16-15(17)11-6-9-5-10(9)7-11/h3-4,8-11H,5-7H2,1-2H3,(H,16,17). The maximum absolute atomic E-state index is 12.2. The van der Waals surface area contributed by atoms with Crippen molar-refractivity contribution in [2.75, 3.05) is 19.5 Å². The van der Waals surface area contributed by atoms with Crippen LogP contribution in [0.4, 0.5) is 5.69 Å². The summed E-state index contributed by atoms with van der Waals surface area (Å²) in [5.41, 5.74) is 0.687. The number of hydrogen-bond acceptors (Lipinski definition) is 3. The van der Waals surface area contributed by atoms with E-state index in [4.69, 9.17) is 9.47 Å². The first-order chi connectivity index (χ1) is 9.21. The van der Waals surface area contributed by atoms with Gasteiger partial charge in [-0.05, 0) is 43.2 Å². The van der Waals surface area contributed by atoms with Crippen LogP contribution in [0.3, 0.4) is 0 Å². The third-order valence-corrected chi connectivity index (χ3v) is 4.28. The third kappa shape index (κ3) is 2.39. The molecule has 1 aromatic rings. The molecule has 1 N–H and O–H groups in total. The second-order valence-corrected chi connectivity index (χ2v) is 5.48. The number of rotatable bonds is 4. The molecule has 0 aliphatic heterocycles. The fraction of sp³-hybridized carbons (Fsp3) is 0.533. The quantitative estimate of drug-likeness (QED) is 0.906. The highest BCUT2D eigenvalue weighted by molar-refractivity contribution is 5.94. The second kappa shape index (κ2) is 4.76. The van der Waals surface area contributed by atoms with Gasteiger partial charge in [0.25, 0.3) is 0 Å². The highest BCUT2D eigenvalue weighted by Gasteiger charge is 2.48. The molecule has 2 saturated carbocycles. The van der Waals surface area contributed by atoms with Gasteiger partial charge in [-0.15, -0.1) is 0 Å². The molecule has 4 heteroatoms. The van der Waals surface area contributed by atoms with Gasteiger partial charge in [0, 0.05) is 12.0 Å². The monoisotopic (exact) mass is 261 g/mol. The molecule has 3 rings (SSSR count). The Bertz CT molecular complexity index is 490. The topological polar surface area (TPSA) is 47.6 Å². The van der Waals surface area contributed by atoms with Crippen molar-refractivity contribution in [3.8, 4) is 11.5 Å². The minimum atomic E-state index is 0.110. The van der Waals surface area contributed by atoms with Crippen LogP contribution < -0.4 is 14.8 Å². The van der Waals surface area contributed by atoms with Gasteiger partial charge in [-0.3, -0.25) is 4.79 Å². The Morgan fingerprint density at radius 3 is 2.53 bits per heavy atom. The molecule has 1 amide bonds. The largest absolute Gasteiger partial charge is 0.497 e. The molecular weight excluding hydrogens is 242 g/mol. The van der Waals surface area contributed by atoms with Crippen molar-refractivity contribution in [2.24, 2.45) is 17.8 Å². The summed E-state index contributed by atoms with van der Waals surface area (Å²) >= 11 is 0. The molecule has 0 bridgehead atoms. The number of fused-ring (bicyclic) bond motifs is 1. The van der Waals surface area contributed by atoms with Crippen molar-refractivity contribution >= 4 is 11.6 Å². The lowest BCUT2D eigenvalue weighted by Gasteiger charge is -2.15. The maximum atomic E-state index is 12.2. The summed E-state index contributed by atoms with van der Waals surface area (Å²) in [6.07, 6.45) is 3.41. The number of ether oxygens (including phenoxy) is 2. The van der Waals surface area contributed by atoms with E-state index in [9.17, 15) is 4.79 Å². The maximum Gasteiger partial charge on any atom is 0.227 e. The lowest BCUT2D eigenvalue weighted by Crippen LogP contribution is -2.21. The first-order valence-electron chi connectivity index (χ1n) is 6.74. The zero-order chi connectivity index (χ0) is 13.4. The number of methoxy groups -OCH3 is 2. The van der Waals surface area contributed by atoms with E-state index in [0.717, 1.165) is 24.7 Å². The molecule has 0 heterocycles. The van der Waals surface area contributed by atoms with Crippen LogP contribution in [0.1, 0.15) is 19.3 Å². The normalized spacial score (nSPS) is 27.6. The van der Waals surface area contributed by atoms with Gasteiger partial charge in [-0.25, -0.2) is 0 Å². The average Bonchev–Trinajstić information content (AvgIpc) is 3.05. The van der Waals surface area contributed by atoms with Crippen LogP contribution in [0.5, 0.6) is 11.5 Å². The number of carbonyl (C=O) groups excluding carboxylic acids is 1. The van der Waals surface area contributed by atoms with Gasteiger partial charge >= 0.3 is 0 Å². The first-order valence-corrected chi connectivity index (χ1v) is 6.74. The molecular formula is C15H19NO3.